The molecule has 4 rings (SSSR count). The number of urea groups is 1. The number of amides is 3. The number of ether oxygens (including phenoxy) is 1. The van der Waals surface area contributed by atoms with E-state index >= 15 is 0 Å². The molecule has 0 spiro atoms. The highest BCUT2D eigenvalue weighted by Crippen LogP contribution is 2.15. The molecule has 30 heavy (non-hydrogen) atoms. The number of aromatic nitrogens is 2. The number of hydrogen-bond donors (Lipinski definition) is 4. The number of benzene rings is 2. The monoisotopic (exact) mass is 407 g/mol. The molecule has 8 heteroatoms. The Hall–Kier alpha value is -3.39. The highest BCUT2D eigenvalue weighted by molar-refractivity contribution is 5.92. The molecule has 156 valence electrons. The van der Waals surface area contributed by atoms with Gasteiger partial charge in [0, 0.05) is 37.4 Å². The maximum absolute atomic E-state index is 12.2. The molecule has 1 atom stereocenters. The van der Waals surface area contributed by atoms with E-state index in [-0.39, 0.29) is 18.0 Å². The Morgan fingerprint density at radius 1 is 1.07 bits per heavy atom. The van der Waals surface area contributed by atoms with Crippen LogP contribution in [-0.2, 0) is 16.0 Å². The summed E-state index contributed by atoms with van der Waals surface area (Å²) in [5.74, 6) is 0.699. The van der Waals surface area contributed by atoms with Gasteiger partial charge in [0.2, 0.25) is 5.91 Å². The number of fused-ring (bicyclic) bond motifs is 1. The van der Waals surface area contributed by atoms with Gasteiger partial charge in [-0.1, -0.05) is 12.1 Å². The van der Waals surface area contributed by atoms with Crippen molar-refractivity contribution in [1.82, 2.24) is 15.3 Å². The Bertz CT molecular complexity index is 976. The van der Waals surface area contributed by atoms with Crippen LogP contribution in [0.25, 0.3) is 11.0 Å². The minimum Gasteiger partial charge on any atom is -0.376 e. The van der Waals surface area contributed by atoms with Crippen molar-refractivity contribution in [3.8, 4) is 0 Å². The second-order valence-corrected chi connectivity index (χ2v) is 7.30. The summed E-state index contributed by atoms with van der Waals surface area (Å²) in [5.41, 5.74) is 3.20. The zero-order valence-corrected chi connectivity index (χ0v) is 16.6. The number of aromatic amines is 1. The van der Waals surface area contributed by atoms with Crippen molar-refractivity contribution in [2.45, 2.75) is 31.8 Å². The van der Waals surface area contributed by atoms with Crippen LogP contribution in [0.1, 0.15) is 25.1 Å². The van der Waals surface area contributed by atoms with Crippen molar-refractivity contribution >= 4 is 34.3 Å². The largest absolute Gasteiger partial charge is 0.376 e. The van der Waals surface area contributed by atoms with Gasteiger partial charge in [-0.25, -0.2) is 9.78 Å². The molecular weight excluding hydrogens is 382 g/mol. The fraction of sp³-hybridized carbons (Fsp3) is 0.318. The molecule has 1 aromatic heterocycles. The topological polar surface area (TPSA) is 108 Å². The fourth-order valence-electron chi connectivity index (χ4n) is 3.40. The first-order chi connectivity index (χ1) is 14.7. The number of rotatable bonds is 7. The summed E-state index contributed by atoms with van der Waals surface area (Å²) in [4.78, 5) is 31.9. The number of aryl methyl sites for hydroxylation is 1. The highest BCUT2D eigenvalue weighted by atomic mass is 16.5. The summed E-state index contributed by atoms with van der Waals surface area (Å²) in [6, 6.07) is 14.5. The van der Waals surface area contributed by atoms with Gasteiger partial charge in [-0.15, -0.1) is 0 Å². The van der Waals surface area contributed by atoms with E-state index < -0.39 is 0 Å². The quantitative estimate of drug-likeness (QED) is 0.481. The molecule has 1 saturated heterocycles. The highest BCUT2D eigenvalue weighted by Gasteiger charge is 2.16. The summed E-state index contributed by atoms with van der Waals surface area (Å²) < 4.78 is 5.48. The average Bonchev–Trinajstić information content (AvgIpc) is 3.41. The van der Waals surface area contributed by atoms with Gasteiger partial charge < -0.3 is 25.7 Å². The third-order valence-electron chi connectivity index (χ3n) is 4.97. The smallest absolute Gasteiger partial charge is 0.319 e. The summed E-state index contributed by atoms with van der Waals surface area (Å²) in [6.07, 6.45) is 2.98. The lowest BCUT2D eigenvalue weighted by Crippen LogP contribution is -2.35. The van der Waals surface area contributed by atoms with Crippen molar-refractivity contribution in [2.75, 3.05) is 23.8 Å². The van der Waals surface area contributed by atoms with Crippen LogP contribution < -0.4 is 16.0 Å². The van der Waals surface area contributed by atoms with Gasteiger partial charge in [0.25, 0.3) is 0 Å². The second-order valence-electron chi connectivity index (χ2n) is 7.30. The average molecular weight is 407 g/mol. The third-order valence-corrected chi connectivity index (χ3v) is 4.97. The third kappa shape index (κ3) is 5.36. The van der Waals surface area contributed by atoms with Crippen LogP contribution in [0.4, 0.5) is 16.2 Å². The molecule has 0 radical (unpaired) electrons. The summed E-state index contributed by atoms with van der Waals surface area (Å²) >= 11 is 0. The van der Waals surface area contributed by atoms with Gasteiger partial charge in [0.15, 0.2) is 0 Å². The number of para-hydroxylation sites is 2. The summed E-state index contributed by atoms with van der Waals surface area (Å²) in [6.45, 7) is 1.27. The molecule has 2 aromatic carbocycles. The number of carbonyl (C=O) groups excluding carboxylic acids is 2. The minimum absolute atomic E-state index is 0.0922. The molecule has 3 amide bonds. The SMILES string of the molecule is O=C(CCc1nc2ccccc2[nH]1)Nc1ccc(NC(=O)NCC2CCCO2)cc1. The molecule has 1 aliphatic heterocycles. The van der Waals surface area contributed by atoms with Crippen LogP contribution in [0.3, 0.4) is 0 Å². The minimum atomic E-state index is -0.270. The standard InChI is InChI=1S/C22H25N5O3/c28-21(12-11-20-26-18-5-1-2-6-19(18)27-20)24-15-7-9-16(10-8-15)25-22(29)23-14-17-4-3-13-30-17/h1-2,5-10,17H,3-4,11-14H2,(H,24,28)(H,26,27)(H2,23,25,29). The first kappa shape index (κ1) is 19.9. The van der Waals surface area contributed by atoms with Crippen LogP contribution in [0.2, 0.25) is 0 Å². The lowest BCUT2D eigenvalue weighted by atomic mass is 10.2. The Morgan fingerprint density at radius 3 is 2.57 bits per heavy atom. The molecule has 3 aromatic rings. The van der Waals surface area contributed by atoms with Crippen molar-refractivity contribution in [1.29, 1.82) is 0 Å². The molecule has 8 nitrogen and oxygen atoms in total. The van der Waals surface area contributed by atoms with Crippen molar-refractivity contribution < 1.29 is 14.3 Å². The Kier molecular flexibility index (Phi) is 6.24. The van der Waals surface area contributed by atoms with E-state index in [1.54, 1.807) is 24.3 Å². The molecule has 0 saturated carbocycles. The number of imidazole rings is 1. The lowest BCUT2D eigenvalue weighted by molar-refractivity contribution is -0.116. The number of nitrogens with zero attached hydrogens (tertiary/aromatic N) is 1. The number of hydrogen-bond acceptors (Lipinski definition) is 4. The number of H-pyrrole nitrogens is 1. The maximum Gasteiger partial charge on any atom is 0.319 e. The zero-order chi connectivity index (χ0) is 20.8. The second kappa shape index (κ2) is 9.41. The Balaban J connectivity index is 1.21. The fourth-order valence-corrected chi connectivity index (χ4v) is 3.40. The molecular formula is C22H25N5O3. The maximum atomic E-state index is 12.2. The van der Waals surface area contributed by atoms with Crippen LogP contribution in [0.5, 0.6) is 0 Å². The molecule has 1 fully saturated rings. The molecule has 0 aliphatic carbocycles. The van der Waals surface area contributed by atoms with Crippen molar-refractivity contribution in [2.24, 2.45) is 0 Å². The molecule has 2 heterocycles. The van der Waals surface area contributed by atoms with E-state index in [2.05, 4.69) is 25.9 Å². The van der Waals surface area contributed by atoms with Crippen LogP contribution in [0, 0.1) is 0 Å². The van der Waals surface area contributed by atoms with Crippen molar-refractivity contribution in [3.05, 3.63) is 54.4 Å². The van der Waals surface area contributed by atoms with Gasteiger partial charge in [-0.05, 0) is 49.2 Å². The van der Waals surface area contributed by atoms with Gasteiger partial charge in [0.05, 0.1) is 17.1 Å². The Labute approximate surface area is 174 Å². The predicted octanol–water partition coefficient (Wildman–Crippen LogP) is 3.43. The van der Waals surface area contributed by atoms with Crippen LogP contribution in [-0.4, -0.2) is 41.2 Å². The van der Waals surface area contributed by atoms with Gasteiger partial charge in [-0.3, -0.25) is 4.79 Å². The van der Waals surface area contributed by atoms with Crippen LogP contribution in [0.15, 0.2) is 48.5 Å². The first-order valence-electron chi connectivity index (χ1n) is 10.2. The van der Waals surface area contributed by atoms with E-state index in [1.165, 1.54) is 0 Å². The van der Waals surface area contributed by atoms with E-state index in [0.29, 0.717) is 30.8 Å². The van der Waals surface area contributed by atoms with E-state index in [1.807, 2.05) is 24.3 Å². The zero-order valence-electron chi connectivity index (χ0n) is 16.6. The molecule has 0 bridgehead atoms. The predicted molar refractivity (Wildman–Crippen MR) is 115 cm³/mol. The molecule has 4 N–H and O–H groups in total. The lowest BCUT2D eigenvalue weighted by Gasteiger charge is -2.12. The molecule has 1 unspecified atom stereocenters. The summed E-state index contributed by atoms with van der Waals surface area (Å²) in [7, 11) is 0. The van der Waals surface area contributed by atoms with Gasteiger partial charge in [0.1, 0.15) is 5.82 Å². The van der Waals surface area contributed by atoms with Gasteiger partial charge >= 0.3 is 6.03 Å². The number of nitrogens with one attached hydrogen (secondary N) is 4. The van der Waals surface area contributed by atoms with Gasteiger partial charge in [-0.2, -0.15) is 0 Å². The van der Waals surface area contributed by atoms with E-state index in [0.717, 1.165) is 36.3 Å². The van der Waals surface area contributed by atoms with E-state index in [4.69, 9.17) is 4.74 Å². The number of carbonyl (C=O) groups is 2. The van der Waals surface area contributed by atoms with E-state index in [9.17, 15) is 9.59 Å². The summed E-state index contributed by atoms with van der Waals surface area (Å²) in [5, 5.41) is 8.45. The molecule has 1 aliphatic rings. The van der Waals surface area contributed by atoms with Crippen molar-refractivity contribution in [3.63, 3.8) is 0 Å². The first-order valence-corrected chi connectivity index (χ1v) is 10.2. The number of anilines is 2. The normalized spacial score (nSPS) is 15.8. The Morgan fingerprint density at radius 2 is 1.83 bits per heavy atom. The van der Waals surface area contributed by atoms with Crippen LogP contribution >= 0.6 is 0 Å².